The predicted molar refractivity (Wildman–Crippen MR) is 92.5 cm³/mol. The van der Waals surface area contributed by atoms with Crippen LogP contribution in [0.1, 0.15) is 17.2 Å². The highest BCUT2D eigenvalue weighted by atomic mass is 16.5. The Morgan fingerprint density at radius 1 is 1.09 bits per heavy atom. The summed E-state index contributed by atoms with van der Waals surface area (Å²) in [6.07, 6.45) is 6.13. The van der Waals surface area contributed by atoms with Crippen molar-refractivity contribution in [3.05, 3.63) is 85.2 Å². The van der Waals surface area contributed by atoms with Crippen LogP contribution in [0.5, 0.6) is 5.75 Å². The normalized spacial score (nSPS) is 10.9. The molecule has 2 rings (SSSR count). The fourth-order valence-electron chi connectivity index (χ4n) is 1.75. The third-order valence-electron chi connectivity index (χ3n) is 2.90. The highest BCUT2D eigenvalue weighted by Gasteiger charge is 2.09. The third-order valence-corrected chi connectivity index (χ3v) is 2.90. The first-order chi connectivity index (χ1) is 11.2. The lowest BCUT2D eigenvalue weighted by Gasteiger charge is -2.11. The Kier molecular flexibility index (Phi) is 9.05. The molecule has 4 nitrogen and oxygen atoms in total. The number of aliphatic hydroxyl groups is 1. The SMILES string of the molecule is C=CCOCC=C.COc1ccc(C(O)c2cccnc2)cc1. The van der Waals surface area contributed by atoms with E-state index in [1.807, 2.05) is 36.4 Å². The Balaban J connectivity index is 0.000000322. The number of aliphatic hydroxyl groups excluding tert-OH is 1. The van der Waals surface area contributed by atoms with Gasteiger partial charge in [0.1, 0.15) is 11.9 Å². The minimum atomic E-state index is -0.639. The number of methoxy groups -OCH3 is 1. The van der Waals surface area contributed by atoms with Gasteiger partial charge in [-0.2, -0.15) is 0 Å². The van der Waals surface area contributed by atoms with Gasteiger partial charge in [0.15, 0.2) is 0 Å². The molecular formula is C19H23NO3. The zero-order valence-electron chi connectivity index (χ0n) is 13.4. The quantitative estimate of drug-likeness (QED) is 0.627. The Bertz CT molecular complexity index is 559. The van der Waals surface area contributed by atoms with Gasteiger partial charge in [-0.25, -0.2) is 0 Å². The number of rotatable bonds is 7. The minimum absolute atomic E-state index is 0.617. The van der Waals surface area contributed by atoms with Crippen molar-refractivity contribution in [2.45, 2.75) is 6.10 Å². The van der Waals surface area contributed by atoms with Gasteiger partial charge in [0.2, 0.25) is 0 Å². The molecule has 0 amide bonds. The van der Waals surface area contributed by atoms with Gasteiger partial charge in [0.05, 0.1) is 20.3 Å². The Morgan fingerprint density at radius 2 is 1.74 bits per heavy atom. The van der Waals surface area contributed by atoms with E-state index in [9.17, 15) is 5.11 Å². The topological polar surface area (TPSA) is 51.6 Å². The predicted octanol–water partition coefficient (Wildman–Crippen LogP) is 3.55. The second kappa shape index (κ2) is 11.2. The fourth-order valence-corrected chi connectivity index (χ4v) is 1.75. The summed E-state index contributed by atoms with van der Waals surface area (Å²) in [6, 6.07) is 11.0. The second-order valence-corrected chi connectivity index (χ2v) is 4.58. The molecule has 0 fully saturated rings. The summed E-state index contributed by atoms with van der Waals surface area (Å²) in [6.45, 7) is 8.18. The molecule has 0 saturated heterocycles. The van der Waals surface area contributed by atoms with Crippen LogP contribution in [-0.2, 0) is 4.74 Å². The maximum Gasteiger partial charge on any atom is 0.118 e. The number of ether oxygens (including phenoxy) is 2. The van der Waals surface area contributed by atoms with Crippen molar-refractivity contribution in [1.29, 1.82) is 0 Å². The molecule has 122 valence electrons. The third kappa shape index (κ3) is 6.91. The van der Waals surface area contributed by atoms with Crippen molar-refractivity contribution in [3.8, 4) is 5.75 Å². The van der Waals surface area contributed by atoms with E-state index in [1.165, 1.54) is 0 Å². The van der Waals surface area contributed by atoms with Crippen molar-refractivity contribution < 1.29 is 14.6 Å². The van der Waals surface area contributed by atoms with Crippen LogP contribution in [-0.4, -0.2) is 30.4 Å². The van der Waals surface area contributed by atoms with Crippen LogP contribution in [0.2, 0.25) is 0 Å². The Hall–Kier alpha value is -2.43. The molecule has 0 aliphatic heterocycles. The van der Waals surface area contributed by atoms with Gasteiger partial charge < -0.3 is 14.6 Å². The van der Waals surface area contributed by atoms with E-state index >= 15 is 0 Å². The average Bonchev–Trinajstić information content (AvgIpc) is 2.63. The van der Waals surface area contributed by atoms with E-state index in [1.54, 1.807) is 31.7 Å². The zero-order chi connectivity index (χ0) is 16.9. The number of pyridine rings is 1. The van der Waals surface area contributed by atoms with Gasteiger partial charge in [0, 0.05) is 18.0 Å². The first kappa shape index (κ1) is 18.6. The summed E-state index contributed by atoms with van der Waals surface area (Å²) < 4.78 is 9.96. The first-order valence-corrected chi connectivity index (χ1v) is 7.24. The molecule has 1 heterocycles. The molecule has 1 atom stereocenters. The summed E-state index contributed by atoms with van der Waals surface area (Å²) in [5, 5.41) is 10.1. The molecule has 0 bridgehead atoms. The zero-order valence-corrected chi connectivity index (χ0v) is 13.4. The van der Waals surface area contributed by atoms with Crippen LogP contribution in [0.3, 0.4) is 0 Å². The van der Waals surface area contributed by atoms with Crippen molar-refractivity contribution in [3.63, 3.8) is 0 Å². The lowest BCUT2D eigenvalue weighted by Crippen LogP contribution is -1.99. The molecule has 1 N–H and O–H groups in total. The van der Waals surface area contributed by atoms with E-state index < -0.39 is 6.10 Å². The van der Waals surface area contributed by atoms with Crippen molar-refractivity contribution >= 4 is 0 Å². The van der Waals surface area contributed by atoms with E-state index in [-0.39, 0.29) is 0 Å². The highest BCUT2D eigenvalue weighted by Crippen LogP contribution is 2.22. The van der Waals surface area contributed by atoms with Crippen LogP contribution in [0.4, 0.5) is 0 Å². The molecule has 1 unspecified atom stereocenters. The van der Waals surface area contributed by atoms with Gasteiger partial charge in [-0.3, -0.25) is 4.98 Å². The molecule has 0 spiro atoms. The summed E-state index contributed by atoms with van der Waals surface area (Å²) in [4.78, 5) is 3.98. The smallest absolute Gasteiger partial charge is 0.118 e. The van der Waals surface area contributed by atoms with Gasteiger partial charge in [-0.1, -0.05) is 30.4 Å². The molecule has 2 aromatic rings. The number of benzene rings is 1. The van der Waals surface area contributed by atoms with Gasteiger partial charge in [-0.15, -0.1) is 13.2 Å². The van der Waals surface area contributed by atoms with E-state index in [4.69, 9.17) is 9.47 Å². The van der Waals surface area contributed by atoms with Crippen LogP contribution < -0.4 is 4.74 Å². The molecule has 4 heteroatoms. The molecule has 1 aromatic heterocycles. The van der Waals surface area contributed by atoms with Crippen LogP contribution in [0, 0.1) is 0 Å². The Labute approximate surface area is 137 Å². The summed E-state index contributed by atoms with van der Waals surface area (Å²) in [7, 11) is 1.62. The molecule has 0 saturated carbocycles. The molecule has 0 aliphatic carbocycles. The van der Waals surface area contributed by atoms with Gasteiger partial charge >= 0.3 is 0 Å². The summed E-state index contributed by atoms with van der Waals surface area (Å²) >= 11 is 0. The highest BCUT2D eigenvalue weighted by molar-refractivity contribution is 5.32. The molecule has 23 heavy (non-hydrogen) atoms. The van der Waals surface area contributed by atoms with E-state index in [0.29, 0.717) is 13.2 Å². The number of nitrogens with zero attached hydrogens (tertiary/aromatic N) is 1. The first-order valence-electron chi connectivity index (χ1n) is 7.24. The molecule has 1 aromatic carbocycles. The second-order valence-electron chi connectivity index (χ2n) is 4.58. The van der Waals surface area contributed by atoms with Crippen molar-refractivity contribution in [2.75, 3.05) is 20.3 Å². The van der Waals surface area contributed by atoms with Crippen molar-refractivity contribution in [2.24, 2.45) is 0 Å². The molecule has 0 radical (unpaired) electrons. The van der Waals surface area contributed by atoms with Crippen LogP contribution in [0.15, 0.2) is 74.1 Å². The summed E-state index contributed by atoms with van der Waals surface area (Å²) in [5.74, 6) is 0.780. The lowest BCUT2D eigenvalue weighted by molar-refractivity contribution is 0.194. The lowest BCUT2D eigenvalue weighted by atomic mass is 10.0. The monoisotopic (exact) mass is 313 g/mol. The van der Waals surface area contributed by atoms with Crippen LogP contribution in [0.25, 0.3) is 0 Å². The largest absolute Gasteiger partial charge is 0.497 e. The van der Waals surface area contributed by atoms with E-state index in [0.717, 1.165) is 16.9 Å². The van der Waals surface area contributed by atoms with Gasteiger partial charge in [0.25, 0.3) is 0 Å². The maximum atomic E-state index is 10.1. The maximum absolute atomic E-state index is 10.1. The summed E-state index contributed by atoms with van der Waals surface area (Å²) in [5.41, 5.74) is 1.61. The van der Waals surface area contributed by atoms with Gasteiger partial charge in [-0.05, 0) is 23.8 Å². The molecule has 0 aliphatic rings. The fraction of sp³-hybridized carbons (Fsp3) is 0.211. The number of hydrogen-bond donors (Lipinski definition) is 1. The Morgan fingerprint density at radius 3 is 2.22 bits per heavy atom. The van der Waals surface area contributed by atoms with E-state index in [2.05, 4.69) is 18.1 Å². The number of aromatic nitrogens is 1. The molecular weight excluding hydrogens is 290 g/mol. The van der Waals surface area contributed by atoms with Crippen LogP contribution >= 0.6 is 0 Å². The standard InChI is InChI=1S/C13H13NO2.C6H10O/c1-16-12-6-4-10(5-7-12)13(15)11-3-2-8-14-9-11;1-3-5-7-6-4-2/h2-9,13,15H,1H3;3-4H,1-2,5-6H2. The number of hydrogen-bond acceptors (Lipinski definition) is 4. The van der Waals surface area contributed by atoms with Crippen molar-refractivity contribution in [1.82, 2.24) is 4.98 Å². The average molecular weight is 313 g/mol. The minimum Gasteiger partial charge on any atom is -0.497 e.